The maximum absolute atomic E-state index is 11.6. The largest absolute Gasteiger partial charge is 0.468 e. The molecule has 1 unspecified atom stereocenters. The molecule has 18 heavy (non-hydrogen) atoms. The molecule has 0 radical (unpaired) electrons. The Morgan fingerprint density at radius 2 is 2.39 bits per heavy atom. The van der Waals surface area contributed by atoms with Crippen LogP contribution in [0, 0.1) is 0 Å². The number of esters is 1. The van der Waals surface area contributed by atoms with Gasteiger partial charge in [-0.25, -0.2) is 0 Å². The van der Waals surface area contributed by atoms with Crippen molar-refractivity contribution in [2.75, 3.05) is 19.9 Å². The molecule has 0 aliphatic heterocycles. The Morgan fingerprint density at radius 1 is 1.61 bits per heavy atom. The Balaban J connectivity index is 2.21. The molecule has 0 bridgehead atoms. The zero-order valence-corrected chi connectivity index (χ0v) is 12.6. The van der Waals surface area contributed by atoms with E-state index in [4.69, 9.17) is 4.74 Å². The molecule has 0 fully saturated rings. The normalized spacial score (nSPS) is 14.2. The number of unbranched alkanes of at least 4 members (excludes halogenated alkanes) is 1. The minimum Gasteiger partial charge on any atom is -0.468 e. The van der Waals surface area contributed by atoms with Crippen molar-refractivity contribution in [2.45, 2.75) is 36.1 Å². The van der Waals surface area contributed by atoms with Gasteiger partial charge in [0.25, 0.3) is 0 Å². The van der Waals surface area contributed by atoms with Crippen LogP contribution in [0.1, 0.15) is 26.2 Å². The van der Waals surface area contributed by atoms with Crippen LogP contribution in [0.3, 0.4) is 0 Å². The quantitative estimate of drug-likeness (QED) is 0.448. The second-order valence-electron chi connectivity index (χ2n) is 4.08. The average molecular weight is 289 g/mol. The first-order valence-corrected chi connectivity index (χ1v) is 7.65. The summed E-state index contributed by atoms with van der Waals surface area (Å²) in [5, 5.41) is 10.8. The van der Waals surface area contributed by atoms with Gasteiger partial charge in [0, 0.05) is 5.75 Å². The fourth-order valence-electron chi connectivity index (χ4n) is 1.52. The van der Waals surface area contributed by atoms with Crippen LogP contribution in [-0.2, 0) is 9.53 Å². The van der Waals surface area contributed by atoms with E-state index in [0.717, 1.165) is 29.4 Å². The standard InChI is InChI=1S/C11H19N3O2S2/c1-11(12-2,9(15)16-3)6-4-5-7-17-10-14-13-8-18-10/h8,12H,4-7H2,1-3H3. The predicted molar refractivity (Wildman–Crippen MR) is 74.0 cm³/mol. The minimum absolute atomic E-state index is 0.207. The van der Waals surface area contributed by atoms with Crippen molar-refractivity contribution < 1.29 is 9.53 Å². The molecular weight excluding hydrogens is 270 g/mol. The number of aromatic nitrogens is 2. The van der Waals surface area contributed by atoms with E-state index in [1.807, 2.05) is 6.92 Å². The molecule has 0 aliphatic rings. The molecule has 5 nitrogen and oxygen atoms in total. The maximum Gasteiger partial charge on any atom is 0.325 e. The van der Waals surface area contributed by atoms with Crippen molar-refractivity contribution >= 4 is 29.1 Å². The third-order valence-corrected chi connectivity index (χ3v) is 4.77. The number of thioether (sulfide) groups is 1. The summed E-state index contributed by atoms with van der Waals surface area (Å²) in [7, 11) is 3.20. The van der Waals surface area contributed by atoms with E-state index in [-0.39, 0.29) is 5.97 Å². The lowest BCUT2D eigenvalue weighted by Gasteiger charge is -2.25. The monoisotopic (exact) mass is 289 g/mol. The SMILES string of the molecule is CNC(C)(CCCCSc1nncs1)C(=O)OC. The molecule has 1 aromatic heterocycles. The number of carbonyl (C=O) groups is 1. The van der Waals surface area contributed by atoms with Gasteiger partial charge in [0.1, 0.15) is 11.0 Å². The molecule has 0 saturated heterocycles. The summed E-state index contributed by atoms with van der Waals surface area (Å²) in [4.78, 5) is 11.6. The zero-order valence-electron chi connectivity index (χ0n) is 10.9. The highest BCUT2D eigenvalue weighted by molar-refractivity contribution is 8.00. The van der Waals surface area contributed by atoms with Crippen LogP contribution < -0.4 is 5.32 Å². The van der Waals surface area contributed by atoms with Crippen molar-refractivity contribution in [2.24, 2.45) is 0 Å². The van der Waals surface area contributed by atoms with Gasteiger partial charge in [-0.05, 0) is 26.8 Å². The van der Waals surface area contributed by atoms with Crippen molar-refractivity contribution in [1.82, 2.24) is 15.5 Å². The van der Waals surface area contributed by atoms with Crippen LogP contribution in [0.5, 0.6) is 0 Å². The first-order valence-electron chi connectivity index (χ1n) is 5.78. The number of nitrogens with one attached hydrogen (secondary N) is 1. The average Bonchev–Trinajstić information content (AvgIpc) is 2.90. The molecule has 1 atom stereocenters. The van der Waals surface area contributed by atoms with Crippen molar-refractivity contribution in [3.8, 4) is 0 Å². The van der Waals surface area contributed by atoms with Gasteiger partial charge < -0.3 is 10.1 Å². The first-order chi connectivity index (χ1) is 8.62. The van der Waals surface area contributed by atoms with Gasteiger partial charge >= 0.3 is 5.97 Å². The summed E-state index contributed by atoms with van der Waals surface area (Å²) in [6.45, 7) is 1.87. The molecule has 0 amide bonds. The van der Waals surface area contributed by atoms with Crippen LogP contribution in [0.25, 0.3) is 0 Å². The number of nitrogens with zero attached hydrogens (tertiary/aromatic N) is 2. The highest BCUT2D eigenvalue weighted by Gasteiger charge is 2.31. The van der Waals surface area contributed by atoms with E-state index in [1.165, 1.54) is 7.11 Å². The third-order valence-electron chi connectivity index (χ3n) is 2.82. The minimum atomic E-state index is -0.581. The van der Waals surface area contributed by atoms with Crippen molar-refractivity contribution in [3.63, 3.8) is 0 Å². The highest BCUT2D eigenvalue weighted by Crippen LogP contribution is 2.22. The number of methoxy groups -OCH3 is 1. The van der Waals surface area contributed by atoms with Crippen molar-refractivity contribution in [1.29, 1.82) is 0 Å². The summed E-state index contributed by atoms with van der Waals surface area (Å²) < 4.78 is 5.80. The van der Waals surface area contributed by atoms with Gasteiger partial charge in [0.05, 0.1) is 7.11 Å². The number of hydrogen-bond acceptors (Lipinski definition) is 7. The smallest absolute Gasteiger partial charge is 0.325 e. The van der Waals surface area contributed by atoms with Crippen molar-refractivity contribution in [3.05, 3.63) is 5.51 Å². The molecule has 0 aromatic carbocycles. The van der Waals surface area contributed by atoms with Gasteiger partial charge in [-0.1, -0.05) is 29.5 Å². The topological polar surface area (TPSA) is 64.1 Å². The Morgan fingerprint density at radius 3 is 2.94 bits per heavy atom. The molecule has 7 heteroatoms. The molecule has 1 rings (SSSR count). The lowest BCUT2D eigenvalue weighted by Crippen LogP contribution is -2.48. The van der Waals surface area contributed by atoms with E-state index in [9.17, 15) is 4.79 Å². The molecule has 1 heterocycles. The number of ether oxygens (including phenoxy) is 1. The van der Waals surface area contributed by atoms with E-state index >= 15 is 0 Å². The Bertz CT molecular complexity index is 359. The maximum atomic E-state index is 11.6. The first kappa shape index (κ1) is 15.4. The Kier molecular flexibility index (Phi) is 6.59. The molecule has 102 valence electrons. The number of rotatable bonds is 8. The summed E-state index contributed by atoms with van der Waals surface area (Å²) in [6.07, 6.45) is 2.78. The van der Waals surface area contributed by atoms with Crippen LogP contribution >= 0.6 is 23.1 Å². The van der Waals surface area contributed by atoms with E-state index in [0.29, 0.717) is 0 Å². The second kappa shape index (κ2) is 7.70. The molecule has 0 aliphatic carbocycles. The summed E-state index contributed by atoms with van der Waals surface area (Å²) in [5.74, 6) is 0.790. The fraction of sp³-hybridized carbons (Fsp3) is 0.727. The van der Waals surface area contributed by atoms with Gasteiger partial charge in [0.2, 0.25) is 0 Å². The van der Waals surface area contributed by atoms with Crippen LogP contribution in [0.2, 0.25) is 0 Å². The predicted octanol–water partition coefficient (Wildman–Crippen LogP) is 1.95. The van der Waals surface area contributed by atoms with E-state index in [2.05, 4.69) is 15.5 Å². The van der Waals surface area contributed by atoms with Gasteiger partial charge in [-0.3, -0.25) is 4.79 Å². The summed E-state index contributed by atoms with van der Waals surface area (Å²) in [5.41, 5.74) is 1.15. The summed E-state index contributed by atoms with van der Waals surface area (Å²) >= 11 is 3.26. The Labute approximate surface area is 116 Å². The molecule has 0 spiro atoms. The van der Waals surface area contributed by atoms with Gasteiger partial charge in [-0.15, -0.1) is 10.2 Å². The van der Waals surface area contributed by atoms with Crippen LogP contribution in [0.4, 0.5) is 0 Å². The number of hydrogen-bond donors (Lipinski definition) is 1. The third kappa shape index (κ3) is 4.55. The van der Waals surface area contributed by atoms with E-state index in [1.54, 1.807) is 35.7 Å². The molecule has 0 saturated carbocycles. The zero-order chi connectivity index (χ0) is 13.4. The van der Waals surface area contributed by atoms with E-state index < -0.39 is 5.54 Å². The number of likely N-dealkylation sites (N-methyl/N-ethyl adjacent to an activating group) is 1. The second-order valence-corrected chi connectivity index (χ2v) is 6.26. The lowest BCUT2D eigenvalue weighted by molar-refractivity contribution is -0.148. The summed E-state index contributed by atoms with van der Waals surface area (Å²) in [6, 6.07) is 0. The van der Waals surface area contributed by atoms with Gasteiger partial charge in [-0.2, -0.15) is 0 Å². The van der Waals surface area contributed by atoms with Crippen LogP contribution in [-0.4, -0.2) is 41.6 Å². The molecule has 1 N–H and O–H groups in total. The lowest BCUT2D eigenvalue weighted by atomic mass is 9.95. The highest BCUT2D eigenvalue weighted by atomic mass is 32.2. The molecule has 1 aromatic rings. The Hall–Kier alpha value is -0.660. The fourth-order valence-corrected chi connectivity index (χ4v) is 3.08. The van der Waals surface area contributed by atoms with Crippen LogP contribution in [0.15, 0.2) is 9.85 Å². The molecular formula is C11H19N3O2S2. The number of carbonyl (C=O) groups excluding carboxylic acids is 1. The van der Waals surface area contributed by atoms with Gasteiger partial charge in [0.15, 0.2) is 4.34 Å².